The smallest absolute Gasteiger partial charge is 0.209 e. The Bertz CT molecular complexity index is 429. The van der Waals surface area contributed by atoms with E-state index in [1.54, 1.807) is 6.20 Å². The van der Waals surface area contributed by atoms with Crippen molar-refractivity contribution in [3.8, 4) is 0 Å². The van der Waals surface area contributed by atoms with Gasteiger partial charge in [-0.2, -0.15) is 0 Å². The summed E-state index contributed by atoms with van der Waals surface area (Å²) in [6.45, 7) is 3.85. The van der Waals surface area contributed by atoms with Crippen molar-refractivity contribution in [3.63, 3.8) is 0 Å². The average Bonchev–Trinajstić information content (AvgIpc) is 2.14. The Kier molecular flexibility index (Phi) is 3.82. The number of nitrogens with zero attached hydrogens (tertiary/aromatic N) is 1. The number of sulfonamides is 1. The van der Waals surface area contributed by atoms with Gasteiger partial charge in [-0.1, -0.05) is 13.0 Å². The lowest BCUT2D eigenvalue weighted by atomic mass is 10.1. The molecule has 0 aromatic carbocycles. The summed E-state index contributed by atoms with van der Waals surface area (Å²) in [6.07, 6.45) is 3.52. The maximum absolute atomic E-state index is 11.1. The van der Waals surface area contributed by atoms with E-state index < -0.39 is 10.0 Å². The molecule has 0 saturated heterocycles. The highest BCUT2D eigenvalue weighted by molar-refractivity contribution is 7.88. The summed E-state index contributed by atoms with van der Waals surface area (Å²) >= 11 is 0. The van der Waals surface area contributed by atoms with Crippen molar-refractivity contribution in [1.82, 2.24) is 9.71 Å². The van der Waals surface area contributed by atoms with Gasteiger partial charge in [0, 0.05) is 6.20 Å². The van der Waals surface area contributed by atoms with Crippen LogP contribution < -0.4 is 4.72 Å². The molecule has 0 saturated carbocycles. The Morgan fingerprint density at radius 2 is 2.20 bits per heavy atom. The quantitative estimate of drug-likeness (QED) is 0.847. The Morgan fingerprint density at radius 3 is 2.67 bits per heavy atom. The van der Waals surface area contributed by atoms with Crippen LogP contribution in [0.3, 0.4) is 0 Å². The summed E-state index contributed by atoms with van der Waals surface area (Å²) in [5, 5.41) is 0. The molecule has 1 atom stereocenters. The van der Waals surface area contributed by atoms with Gasteiger partial charge < -0.3 is 0 Å². The maximum Gasteiger partial charge on any atom is 0.209 e. The zero-order valence-electron chi connectivity index (χ0n) is 9.19. The lowest BCUT2D eigenvalue weighted by Gasteiger charge is -2.16. The molecule has 1 heterocycles. The van der Waals surface area contributed by atoms with Crippen LogP contribution in [0.15, 0.2) is 18.3 Å². The van der Waals surface area contributed by atoms with Gasteiger partial charge in [0.25, 0.3) is 0 Å². The number of hydrogen-bond acceptors (Lipinski definition) is 3. The molecule has 5 heteroatoms. The van der Waals surface area contributed by atoms with Crippen molar-refractivity contribution >= 4 is 10.0 Å². The van der Waals surface area contributed by atoms with Gasteiger partial charge in [-0.05, 0) is 25.0 Å². The van der Waals surface area contributed by atoms with Crippen LogP contribution in [0.5, 0.6) is 0 Å². The molecule has 0 amide bonds. The number of aryl methyl sites for hydroxylation is 1. The van der Waals surface area contributed by atoms with Gasteiger partial charge in [0.2, 0.25) is 10.0 Å². The second kappa shape index (κ2) is 4.72. The van der Waals surface area contributed by atoms with Crippen LogP contribution in [0.4, 0.5) is 0 Å². The van der Waals surface area contributed by atoms with E-state index >= 15 is 0 Å². The third-order valence-electron chi connectivity index (χ3n) is 2.14. The first-order valence-electron chi connectivity index (χ1n) is 4.83. The molecule has 4 nitrogen and oxygen atoms in total. The van der Waals surface area contributed by atoms with Gasteiger partial charge in [0.1, 0.15) is 0 Å². The molecule has 1 aromatic heterocycles. The number of aromatic nitrogens is 1. The van der Waals surface area contributed by atoms with Gasteiger partial charge in [0.15, 0.2) is 0 Å². The van der Waals surface area contributed by atoms with Crippen molar-refractivity contribution < 1.29 is 8.42 Å². The Balaban J connectivity index is 2.98. The Morgan fingerprint density at radius 1 is 1.53 bits per heavy atom. The van der Waals surface area contributed by atoms with Crippen molar-refractivity contribution in [2.24, 2.45) is 0 Å². The highest BCUT2D eigenvalue weighted by Crippen LogP contribution is 2.18. The standard InChI is InChI=1S/C10H16N2O2S/c1-4-9(12-15(3,13)14)10-8(2)6-5-7-11-10/h5-7,9,12H,4H2,1-3H3/t9-/m1/s1. The van der Waals surface area contributed by atoms with E-state index in [2.05, 4.69) is 9.71 Å². The molecule has 15 heavy (non-hydrogen) atoms. The Labute approximate surface area is 90.8 Å². The summed E-state index contributed by atoms with van der Waals surface area (Å²) in [5.41, 5.74) is 1.80. The summed E-state index contributed by atoms with van der Waals surface area (Å²) in [4.78, 5) is 4.21. The van der Waals surface area contributed by atoms with E-state index in [-0.39, 0.29) is 6.04 Å². The molecule has 1 rings (SSSR count). The minimum Gasteiger partial charge on any atom is -0.259 e. The van der Waals surface area contributed by atoms with Crippen molar-refractivity contribution in [1.29, 1.82) is 0 Å². The van der Waals surface area contributed by atoms with Crippen LogP contribution >= 0.6 is 0 Å². The average molecular weight is 228 g/mol. The molecule has 84 valence electrons. The predicted octanol–water partition coefficient (Wildman–Crippen LogP) is 1.39. The molecule has 0 radical (unpaired) electrons. The van der Waals surface area contributed by atoms with E-state index in [1.165, 1.54) is 0 Å². The highest BCUT2D eigenvalue weighted by atomic mass is 32.2. The van der Waals surface area contributed by atoms with Crippen LogP contribution in [-0.4, -0.2) is 19.7 Å². The molecule has 0 aliphatic carbocycles. The molecular weight excluding hydrogens is 212 g/mol. The largest absolute Gasteiger partial charge is 0.259 e. The number of nitrogens with one attached hydrogen (secondary N) is 1. The molecule has 0 spiro atoms. The van der Waals surface area contributed by atoms with Gasteiger partial charge in [-0.3, -0.25) is 4.98 Å². The first kappa shape index (κ1) is 12.1. The fourth-order valence-electron chi connectivity index (χ4n) is 1.45. The van der Waals surface area contributed by atoms with Gasteiger partial charge >= 0.3 is 0 Å². The van der Waals surface area contributed by atoms with Crippen molar-refractivity contribution in [2.75, 3.05) is 6.26 Å². The van der Waals surface area contributed by atoms with Crippen LogP contribution in [-0.2, 0) is 10.0 Å². The predicted molar refractivity (Wildman–Crippen MR) is 60.0 cm³/mol. The summed E-state index contributed by atoms with van der Waals surface area (Å²) in [6, 6.07) is 3.53. The molecule has 0 aliphatic heterocycles. The molecule has 0 unspecified atom stereocenters. The van der Waals surface area contributed by atoms with E-state index in [0.29, 0.717) is 6.42 Å². The topological polar surface area (TPSA) is 59.1 Å². The van der Waals surface area contributed by atoms with E-state index in [4.69, 9.17) is 0 Å². The first-order valence-corrected chi connectivity index (χ1v) is 6.72. The summed E-state index contributed by atoms with van der Waals surface area (Å²) < 4.78 is 24.9. The molecule has 0 fully saturated rings. The van der Waals surface area contributed by atoms with Gasteiger partial charge in [-0.15, -0.1) is 0 Å². The first-order chi connectivity index (χ1) is 6.94. The maximum atomic E-state index is 11.1. The van der Waals surface area contributed by atoms with E-state index in [1.807, 2.05) is 26.0 Å². The van der Waals surface area contributed by atoms with Gasteiger partial charge in [-0.25, -0.2) is 13.1 Å². The zero-order valence-corrected chi connectivity index (χ0v) is 10.0. The lowest BCUT2D eigenvalue weighted by Crippen LogP contribution is -2.28. The second-order valence-corrected chi connectivity index (χ2v) is 5.34. The Hall–Kier alpha value is -0.940. The van der Waals surface area contributed by atoms with Crippen LogP contribution in [0.25, 0.3) is 0 Å². The minimum absolute atomic E-state index is 0.235. The molecule has 0 bridgehead atoms. The molecule has 0 aliphatic rings. The number of hydrogen-bond donors (Lipinski definition) is 1. The monoisotopic (exact) mass is 228 g/mol. The SMILES string of the molecule is CC[C@@H](NS(C)(=O)=O)c1ncccc1C. The molecule has 1 aromatic rings. The third-order valence-corrected chi connectivity index (χ3v) is 2.86. The molecule has 1 N–H and O–H groups in total. The van der Waals surface area contributed by atoms with Crippen LogP contribution in [0.2, 0.25) is 0 Å². The van der Waals surface area contributed by atoms with Crippen molar-refractivity contribution in [3.05, 3.63) is 29.6 Å². The summed E-state index contributed by atoms with van der Waals surface area (Å²) in [5.74, 6) is 0. The van der Waals surface area contributed by atoms with E-state index in [0.717, 1.165) is 17.5 Å². The zero-order chi connectivity index (χ0) is 11.5. The third kappa shape index (κ3) is 3.60. The van der Waals surface area contributed by atoms with Crippen LogP contribution in [0, 0.1) is 6.92 Å². The number of pyridine rings is 1. The minimum atomic E-state index is -3.19. The fourth-order valence-corrected chi connectivity index (χ4v) is 2.25. The second-order valence-electron chi connectivity index (χ2n) is 3.56. The molecular formula is C10H16N2O2S. The fraction of sp³-hybridized carbons (Fsp3) is 0.500. The van der Waals surface area contributed by atoms with Gasteiger partial charge in [0.05, 0.1) is 18.0 Å². The normalized spacial score (nSPS) is 13.8. The lowest BCUT2D eigenvalue weighted by molar-refractivity contribution is 0.548. The highest BCUT2D eigenvalue weighted by Gasteiger charge is 2.16. The van der Waals surface area contributed by atoms with Crippen LogP contribution in [0.1, 0.15) is 30.6 Å². The van der Waals surface area contributed by atoms with Crippen molar-refractivity contribution in [2.45, 2.75) is 26.3 Å². The summed E-state index contributed by atoms with van der Waals surface area (Å²) in [7, 11) is -3.19. The number of rotatable bonds is 4. The van der Waals surface area contributed by atoms with E-state index in [9.17, 15) is 8.42 Å².